The van der Waals surface area contributed by atoms with E-state index in [4.69, 9.17) is 5.73 Å². The van der Waals surface area contributed by atoms with Gasteiger partial charge in [-0.15, -0.1) is 0 Å². The van der Waals surface area contributed by atoms with Crippen LogP contribution in [0.15, 0.2) is 12.1 Å². The summed E-state index contributed by atoms with van der Waals surface area (Å²) in [6, 6.07) is 0.946. The summed E-state index contributed by atoms with van der Waals surface area (Å²) in [4.78, 5) is 14.4. The van der Waals surface area contributed by atoms with Crippen molar-refractivity contribution in [1.29, 1.82) is 0 Å². The highest BCUT2D eigenvalue weighted by molar-refractivity contribution is 7.91. The summed E-state index contributed by atoms with van der Waals surface area (Å²) in [5, 5.41) is 0. The van der Waals surface area contributed by atoms with Gasteiger partial charge in [-0.05, 0) is 49.7 Å². The molecule has 2 saturated heterocycles. The van der Waals surface area contributed by atoms with E-state index in [9.17, 15) is 26.4 Å². The van der Waals surface area contributed by atoms with E-state index in [2.05, 4.69) is 0 Å². The highest BCUT2D eigenvalue weighted by Crippen LogP contribution is 2.40. The van der Waals surface area contributed by atoms with Crippen molar-refractivity contribution >= 4 is 15.7 Å². The highest BCUT2D eigenvalue weighted by Gasteiger charge is 2.44. The highest BCUT2D eigenvalue weighted by atomic mass is 32.2. The van der Waals surface area contributed by atoms with Gasteiger partial charge in [0.15, 0.2) is 21.5 Å². The van der Waals surface area contributed by atoms with Gasteiger partial charge in [0.05, 0.1) is 5.75 Å². The number of nitrogens with zero attached hydrogens (tertiary/aromatic N) is 1. The molecule has 162 valence electrons. The van der Waals surface area contributed by atoms with Gasteiger partial charge in [0.25, 0.3) is 0 Å². The first-order valence-corrected chi connectivity index (χ1v) is 11.8. The Hall–Kier alpha value is -1.61. The zero-order valence-corrected chi connectivity index (χ0v) is 17.2. The van der Waals surface area contributed by atoms with Gasteiger partial charge < -0.3 is 10.6 Å². The van der Waals surface area contributed by atoms with Crippen LogP contribution in [-0.2, 0) is 21.1 Å². The molecule has 1 aromatic rings. The molecule has 1 aromatic carbocycles. The van der Waals surface area contributed by atoms with Crippen molar-refractivity contribution in [2.45, 2.75) is 63.6 Å². The zero-order chi connectivity index (χ0) is 21.3. The van der Waals surface area contributed by atoms with Gasteiger partial charge in [-0.25, -0.2) is 21.6 Å². The molecule has 9 heteroatoms. The summed E-state index contributed by atoms with van der Waals surface area (Å²) in [5.74, 6) is -3.38. The van der Waals surface area contributed by atoms with E-state index in [1.807, 2.05) is 4.90 Å². The lowest BCUT2D eigenvalue weighted by atomic mass is 9.82. The number of sulfone groups is 1. The van der Waals surface area contributed by atoms with E-state index in [1.54, 1.807) is 6.92 Å². The molecular weight excluding hydrogens is 405 g/mol. The monoisotopic (exact) mass is 432 g/mol. The number of carbonyl (C=O) groups is 1. The van der Waals surface area contributed by atoms with Crippen LogP contribution < -0.4 is 5.73 Å². The van der Waals surface area contributed by atoms with Crippen molar-refractivity contribution in [3.8, 4) is 0 Å². The van der Waals surface area contributed by atoms with Crippen LogP contribution in [0.25, 0.3) is 0 Å². The molecule has 0 spiro atoms. The second kappa shape index (κ2) is 8.63. The van der Waals surface area contributed by atoms with Gasteiger partial charge in [-0.3, -0.25) is 4.79 Å². The number of hydrogen-bond acceptors (Lipinski definition) is 4. The normalized spacial score (nSPS) is 25.3. The molecule has 0 aromatic heterocycles. The Labute approximate surface area is 169 Å². The molecule has 3 unspecified atom stereocenters. The Morgan fingerprint density at radius 1 is 1.14 bits per heavy atom. The van der Waals surface area contributed by atoms with Crippen LogP contribution in [0.1, 0.15) is 44.6 Å². The first kappa shape index (κ1) is 22.1. The van der Waals surface area contributed by atoms with Crippen LogP contribution in [0.3, 0.4) is 0 Å². The molecule has 0 aliphatic carbocycles. The van der Waals surface area contributed by atoms with Crippen molar-refractivity contribution in [3.63, 3.8) is 0 Å². The second-order valence-electron chi connectivity index (χ2n) is 8.13. The molecule has 2 fully saturated rings. The van der Waals surface area contributed by atoms with Crippen molar-refractivity contribution in [1.82, 2.24) is 4.90 Å². The van der Waals surface area contributed by atoms with Crippen LogP contribution in [0.4, 0.5) is 13.2 Å². The average molecular weight is 433 g/mol. The molecule has 2 N–H and O–H groups in total. The predicted octanol–water partition coefficient (Wildman–Crippen LogP) is 2.57. The average Bonchev–Trinajstić information content (AvgIpc) is 2.93. The SMILES string of the molecule is CCS(=O)(=O)CCC(=O)N1C2CCC1CC(C(N)Cc1cc(F)c(F)cc1F)C2. The molecule has 3 atom stereocenters. The minimum atomic E-state index is -3.20. The van der Waals surface area contributed by atoms with Gasteiger partial charge in [-0.1, -0.05) is 6.92 Å². The van der Waals surface area contributed by atoms with Gasteiger partial charge in [0.2, 0.25) is 5.91 Å². The van der Waals surface area contributed by atoms with Crippen molar-refractivity contribution < 1.29 is 26.4 Å². The van der Waals surface area contributed by atoms with E-state index in [0.717, 1.165) is 18.9 Å². The Morgan fingerprint density at radius 3 is 2.31 bits per heavy atom. The van der Waals surface area contributed by atoms with E-state index in [-0.39, 0.29) is 53.8 Å². The largest absolute Gasteiger partial charge is 0.337 e. The maximum absolute atomic E-state index is 13.9. The lowest BCUT2D eigenvalue weighted by Crippen LogP contribution is -2.50. The molecule has 3 rings (SSSR count). The maximum Gasteiger partial charge on any atom is 0.224 e. The summed E-state index contributed by atoms with van der Waals surface area (Å²) < 4.78 is 63.9. The summed E-state index contributed by atoms with van der Waals surface area (Å²) in [7, 11) is -3.20. The van der Waals surface area contributed by atoms with Crippen LogP contribution >= 0.6 is 0 Å². The zero-order valence-electron chi connectivity index (χ0n) is 16.4. The Bertz CT molecular complexity index is 864. The number of amides is 1. The first-order valence-electron chi connectivity index (χ1n) is 10.0. The number of benzene rings is 1. The molecule has 2 bridgehead atoms. The van der Waals surface area contributed by atoms with Crippen molar-refractivity contribution in [3.05, 3.63) is 35.1 Å². The number of rotatable bonds is 7. The van der Waals surface area contributed by atoms with Crippen molar-refractivity contribution in [2.24, 2.45) is 11.7 Å². The third-order valence-electron chi connectivity index (χ3n) is 6.27. The Kier molecular flexibility index (Phi) is 6.57. The Morgan fingerprint density at radius 2 is 1.72 bits per heavy atom. The third-order valence-corrected chi connectivity index (χ3v) is 7.98. The maximum atomic E-state index is 13.9. The predicted molar refractivity (Wildman–Crippen MR) is 103 cm³/mol. The summed E-state index contributed by atoms with van der Waals surface area (Å²) in [6.45, 7) is 1.56. The summed E-state index contributed by atoms with van der Waals surface area (Å²) in [5.41, 5.74) is 6.33. The first-order chi connectivity index (χ1) is 13.6. The van der Waals surface area contributed by atoms with Crippen LogP contribution in [-0.4, -0.2) is 48.9 Å². The van der Waals surface area contributed by atoms with Gasteiger partial charge in [-0.2, -0.15) is 0 Å². The molecule has 2 heterocycles. The second-order valence-corrected chi connectivity index (χ2v) is 10.6. The molecular formula is C20H27F3N2O3S. The van der Waals surface area contributed by atoms with Crippen LogP contribution in [0.2, 0.25) is 0 Å². The molecule has 2 aliphatic heterocycles. The lowest BCUT2D eigenvalue weighted by molar-refractivity contribution is -0.136. The van der Waals surface area contributed by atoms with E-state index < -0.39 is 33.3 Å². The number of piperidine rings is 1. The van der Waals surface area contributed by atoms with Crippen LogP contribution in [0.5, 0.6) is 0 Å². The smallest absolute Gasteiger partial charge is 0.224 e. The fourth-order valence-corrected chi connectivity index (χ4v) is 5.41. The molecule has 1 amide bonds. The summed E-state index contributed by atoms with van der Waals surface area (Å²) in [6.07, 6.45) is 3.04. The summed E-state index contributed by atoms with van der Waals surface area (Å²) >= 11 is 0. The van der Waals surface area contributed by atoms with Gasteiger partial charge >= 0.3 is 0 Å². The molecule has 0 saturated carbocycles. The third kappa shape index (κ3) is 4.94. The molecule has 29 heavy (non-hydrogen) atoms. The van der Waals surface area contributed by atoms with Crippen molar-refractivity contribution in [2.75, 3.05) is 11.5 Å². The molecule has 5 nitrogen and oxygen atoms in total. The topological polar surface area (TPSA) is 80.5 Å². The van der Waals surface area contributed by atoms with E-state index in [0.29, 0.717) is 18.9 Å². The number of carbonyl (C=O) groups excluding carboxylic acids is 1. The van der Waals surface area contributed by atoms with Gasteiger partial charge in [0, 0.05) is 36.4 Å². The minimum absolute atomic E-state index is 0.00330. The lowest BCUT2D eigenvalue weighted by Gasteiger charge is -2.41. The number of fused-ring (bicyclic) bond motifs is 2. The fourth-order valence-electron chi connectivity index (χ4n) is 4.63. The Balaban J connectivity index is 1.62. The minimum Gasteiger partial charge on any atom is -0.337 e. The number of hydrogen-bond donors (Lipinski definition) is 1. The van der Waals surface area contributed by atoms with Crippen LogP contribution in [0, 0.1) is 23.4 Å². The van der Waals surface area contributed by atoms with E-state index in [1.165, 1.54) is 0 Å². The fraction of sp³-hybridized carbons (Fsp3) is 0.650. The van der Waals surface area contributed by atoms with E-state index >= 15 is 0 Å². The van der Waals surface area contributed by atoms with Gasteiger partial charge in [0.1, 0.15) is 5.82 Å². The number of nitrogens with two attached hydrogens (primary N) is 1. The standard InChI is InChI=1S/C20H27F3N2O3S/c1-2-29(27,28)6-5-20(26)25-14-3-4-15(25)8-13(7-14)19(24)10-12-9-17(22)18(23)11-16(12)21/h9,11,13-15,19H,2-8,10,24H2,1H3. The quantitative estimate of drug-likeness (QED) is 0.672. The number of halogens is 3. The molecule has 2 aliphatic rings. The molecule has 0 radical (unpaired) electrons.